The molecule has 0 heterocycles. The zero-order chi connectivity index (χ0) is 12.4. The Balaban J connectivity index is 2.37. The maximum absolute atomic E-state index is 10.8. The first-order valence-corrected chi connectivity index (χ1v) is 5.38. The van der Waals surface area contributed by atoms with Crippen LogP contribution in [0.15, 0.2) is 18.2 Å². The Hall–Kier alpha value is -1.75. The van der Waals surface area contributed by atoms with Crippen LogP contribution in [-0.4, -0.2) is 29.4 Å². The number of methoxy groups -OCH3 is 1. The number of hydrogen-bond acceptors (Lipinski definition) is 4. The summed E-state index contributed by atoms with van der Waals surface area (Å²) < 4.78 is 10.7. The number of aliphatic carboxylic acids is 1. The molecular formula is C12H14O5. The van der Waals surface area contributed by atoms with E-state index in [9.17, 15) is 9.90 Å². The molecule has 2 N–H and O–H groups in total. The van der Waals surface area contributed by atoms with Crippen molar-refractivity contribution in [2.24, 2.45) is 0 Å². The smallest absolute Gasteiger partial charge is 0.337 e. The first-order valence-electron chi connectivity index (χ1n) is 5.38. The largest absolute Gasteiger partial charge is 0.493 e. The van der Waals surface area contributed by atoms with Crippen LogP contribution < -0.4 is 9.47 Å². The second-order valence-electron chi connectivity index (χ2n) is 3.94. The number of carboxylic acid groups (broad SMARTS) is 1. The molecule has 0 bridgehead atoms. The van der Waals surface area contributed by atoms with E-state index in [1.165, 1.54) is 13.2 Å². The molecule has 1 aromatic rings. The Morgan fingerprint density at radius 2 is 2.18 bits per heavy atom. The topological polar surface area (TPSA) is 76.0 Å². The average Bonchev–Trinajstić information content (AvgIpc) is 3.12. The highest BCUT2D eigenvalue weighted by Gasteiger charge is 2.29. The molecule has 5 nitrogen and oxygen atoms in total. The number of para-hydroxylation sites is 1. The number of benzene rings is 1. The minimum Gasteiger partial charge on any atom is -0.493 e. The van der Waals surface area contributed by atoms with Gasteiger partial charge in [-0.1, -0.05) is 12.1 Å². The van der Waals surface area contributed by atoms with Crippen LogP contribution in [0.25, 0.3) is 0 Å². The maximum Gasteiger partial charge on any atom is 0.337 e. The summed E-state index contributed by atoms with van der Waals surface area (Å²) in [7, 11) is 1.48. The van der Waals surface area contributed by atoms with Gasteiger partial charge in [-0.05, 0) is 18.9 Å². The van der Waals surface area contributed by atoms with Gasteiger partial charge in [0.05, 0.1) is 13.2 Å². The Bertz CT molecular complexity index is 425. The van der Waals surface area contributed by atoms with E-state index in [4.69, 9.17) is 14.6 Å². The fourth-order valence-corrected chi connectivity index (χ4v) is 1.52. The molecule has 1 saturated carbocycles. The highest BCUT2D eigenvalue weighted by Crippen LogP contribution is 2.39. The van der Waals surface area contributed by atoms with E-state index in [2.05, 4.69) is 0 Å². The van der Waals surface area contributed by atoms with E-state index < -0.39 is 12.1 Å². The third-order valence-electron chi connectivity index (χ3n) is 2.57. The lowest BCUT2D eigenvalue weighted by Gasteiger charge is -2.16. The lowest BCUT2D eigenvalue weighted by Crippen LogP contribution is -2.13. The van der Waals surface area contributed by atoms with Crippen LogP contribution in [0.1, 0.15) is 24.5 Å². The first-order chi connectivity index (χ1) is 8.13. The highest BCUT2D eigenvalue weighted by atomic mass is 16.5. The molecule has 0 aromatic heterocycles. The van der Waals surface area contributed by atoms with Crippen molar-refractivity contribution >= 4 is 5.97 Å². The van der Waals surface area contributed by atoms with Crippen molar-refractivity contribution in [2.45, 2.75) is 25.0 Å². The number of aliphatic hydroxyl groups is 1. The van der Waals surface area contributed by atoms with Gasteiger partial charge in [-0.25, -0.2) is 4.79 Å². The molecule has 5 heteroatoms. The van der Waals surface area contributed by atoms with Gasteiger partial charge < -0.3 is 19.7 Å². The summed E-state index contributed by atoms with van der Waals surface area (Å²) in [5.41, 5.74) is 0.226. The normalized spacial score (nSPS) is 16.4. The molecule has 1 aliphatic rings. The van der Waals surface area contributed by atoms with Crippen molar-refractivity contribution in [2.75, 3.05) is 7.11 Å². The number of aliphatic hydroxyl groups excluding tert-OH is 1. The second kappa shape index (κ2) is 4.63. The summed E-state index contributed by atoms with van der Waals surface area (Å²) >= 11 is 0. The van der Waals surface area contributed by atoms with Gasteiger partial charge >= 0.3 is 5.97 Å². The zero-order valence-corrected chi connectivity index (χ0v) is 9.42. The lowest BCUT2D eigenvalue weighted by atomic mass is 10.1. The van der Waals surface area contributed by atoms with Gasteiger partial charge in [-0.3, -0.25) is 0 Å². The molecule has 1 aliphatic carbocycles. The predicted molar refractivity (Wildman–Crippen MR) is 59.2 cm³/mol. The molecule has 0 spiro atoms. The van der Waals surface area contributed by atoms with Gasteiger partial charge in [0.15, 0.2) is 17.6 Å². The van der Waals surface area contributed by atoms with Crippen LogP contribution in [0.5, 0.6) is 11.5 Å². The number of carbonyl (C=O) groups is 1. The molecule has 17 heavy (non-hydrogen) atoms. The standard InChI is InChI=1S/C12H14O5/c1-16-9-4-2-3-8(10(13)12(14)15)11(9)17-7-5-6-7/h2-4,7,10,13H,5-6H2,1H3,(H,14,15). The van der Waals surface area contributed by atoms with Crippen LogP contribution in [0.4, 0.5) is 0 Å². The van der Waals surface area contributed by atoms with E-state index in [0.717, 1.165) is 12.8 Å². The van der Waals surface area contributed by atoms with Gasteiger partial charge in [-0.2, -0.15) is 0 Å². The number of hydrogen-bond donors (Lipinski definition) is 2. The van der Waals surface area contributed by atoms with Crippen molar-refractivity contribution in [1.29, 1.82) is 0 Å². The minimum absolute atomic E-state index is 0.103. The van der Waals surface area contributed by atoms with Crippen molar-refractivity contribution in [3.05, 3.63) is 23.8 Å². The molecule has 0 radical (unpaired) electrons. The molecule has 1 aromatic carbocycles. The summed E-state index contributed by atoms with van der Waals surface area (Å²) in [5.74, 6) is -0.541. The van der Waals surface area contributed by atoms with Gasteiger partial charge in [-0.15, -0.1) is 0 Å². The van der Waals surface area contributed by atoms with Crippen LogP contribution in [-0.2, 0) is 4.79 Å². The molecule has 1 fully saturated rings. The van der Waals surface area contributed by atoms with E-state index in [1.807, 2.05) is 0 Å². The highest BCUT2D eigenvalue weighted by molar-refractivity contribution is 5.75. The Morgan fingerprint density at radius 3 is 2.71 bits per heavy atom. The maximum atomic E-state index is 10.8. The number of rotatable bonds is 5. The van der Waals surface area contributed by atoms with E-state index in [-0.39, 0.29) is 11.7 Å². The molecule has 1 atom stereocenters. The molecule has 92 valence electrons. The molecule has 1 unspecified atom stereocenters. The van der Waals surface area contributed by atoms with E-state index in [0.29, 0.717) is 11.5 Å². The summed E-state index contributed by atoms with van der Waals surface area (Å²) in [5, 5.41) is 18.4. The third kappa shape index (κ3) is 2.50. The number of carboxylic acids is 1. The molecular weight excluding hydrogens is 224 g/mol. The minimum atomic E-state index is -1.60. The van der Waals surface area contributed by atoms with Crippen molar-refractivity contribution in [3.63, 3.8) is 0 Å². The second-order valence-corrected chi connectivity index (χ2v) is 3.94. The molecule has 2 rings (SSSR count). The van der Waals surface area contributed by atoms with Gasteiger partial charge in [0.1, 0.15) is 0 Å². The van der Waals surface area contributed by atoms with Crippen LogP contribution in [0, 0.1) is 0 Å². The number of ether oxygens (including phenoxy) is 2. The van der Waals surface area contributed by atoms with Crippen LogP contribution in [0.3, 0.4) is 0 Å². The SMILES string of the molecule is COc1cccc(C(O)C(=O)O)c1OC1CC1. The van der Waals surface area contributed by atoms with E-state index >= 15 is 0 Å². The van der Waals surface area contributed by atoms with E-state index in [1.54, 1.807) is 12.1 Å². The van der Waals surface area contributed by atoms with Gasteiger partial charge in [0.25, 0.3) is 0 Å². The first kappa shape index (κ1) is 11.7. The average molecular weight is 238 g/mol. The van der Waals surface area contributed by atoms with Crippen molar-refractivity contribution in [1.82, 2.24) is 0 Å². The van der Waals surface area contributed by atoms with Crippen LogP contribution >= 0.6 is 0 Å². The summed E-state index contributed by atoms with van der Waals surface area (Å²) in [6.07, 6.45) is 0.395. The van der Waals surface area contributed by atoms with Gasteiger partial charge in [0, 0.05) is 5.56 Å². The third-order valence-corrected chi connectivity index (χ3v) is 2.57. The Morgan fingerprint density at radius 1 is 1.47 bits per heavy atom. The Labute approximate surface area is 98.6 Å². The fraction of sp³-hybridized carbons (Fsp3) is 0.417. The zero-order valence-electron chi connectivity index (χ0n) is 9.42. The summed E-state index contributed by atoms with van der Waals surface area (Å²) in [4.78, 5) is 10.8. The van der Waals surface area contributed by atoms with Crippen molar-refractivity contribution in [3.8, 4) is 11.5 Å². The summed E-state index contributed by atoms with van der Waals surface area (Å²) in [6, 6.07) is 4.83. The monoisotopic (exact) mass is 238 g/mol. The fourth-order valence-electron chi connectivity index (χ4n) is 1.52. The van der Waals surface area contributed by atoms with Crippen molar-refractivity contribution < 1.29 is 24.5 Å². The Kier molecular flexibility index (Phi) is 3.19. The lowest BCUT2D eigenvalue weighted by molar-refractivity contribution is -0.147. The molecule has 0 amide bonds. The van der Waals surface area contributed by atoms with Crippen LogP contribution in [0.2, 0.25) is 0 Å². The van der Waals surface area contributed by atoms with Gasteiger partial charge in [0.2, 0.25) is 0 Å². The summed E-state index contributed by atoms with van der Waals surface area (Å²) in [6.45, 7) is 0. The molecule has 0 aliphatic heterocycles. The quantitative estimate of drug-likeness (QED) is 0.809. The molecule has 0 saturated heterocycles. The predicted octanol–water partition coefficient (Wildman–Crippen LogP) is 1.35.